The van der Waals surface area contributed by atoms with Crippen molar-refractivity contribution in [3.05, 3.63) is 107 Å². The molecule has 51 heavy (non-hydrogen) atoms. The second kappa shape index (κ2) is 12.9. The third-order valence-electron chi connectivity index (χ3n) is 10.5. The maximum Gasteiger partial charge on any atom is 0.416 e. The summed E-state index contributed by atoms with van der Waals surface area (Å²) < 4.78 is 46.9. The Morgan fingerprint density at radius 2 is 1.63 bits per heavy atom. The fraction of sp³-hybridized carbons (Fsp3) is 0.395. The van der Waals surface area contributed by atoms with Crippen molar-refractivity contribution < 1.29 is 37.4 Å². The maximum atomic E-state index is 13.8. The molecule has 1 spiro atoms. The predicted molar refractivity (Wildman–Crippen MR) is 179 cm³/mol. The van der Waals surface area contributed by atoms with Crippen molar-refractivity contribution in [2.24, 2.45) is 22.7 Å². The molecule has 0 radical (unpaired) electrons. The molecule has 2 aromatic carbocycles. The number of likely N-dealkylation sites (tertiary alicyclic amines) is 2. The lowest BCUT2D eigenvalue weighted by Crippen LogP contribution is -2.63. The molecule has 3 aliphatic rings. The molecule has 266 valence electrons. The number of carboxylic acid groups (broad SMARTS) is 1. The number of aromatic nitrogens is 3. The number of carbonyl (C=O) groups is 3. The van der Waals surface area contributed by atoms with Crippen LogP contribution >= 0.6 is 0 Å². The van der Waals surface area contributed by atoms with Crippen molar-refractivity contribution in [1.29, 1.82) is 0 Å². The maximum absolute atomic E-state index is 13.8. The van der Waals surface area contributed by atoms with E-state index in [0.717, 1.165) is 24.1 Å². The van der Waals surface area contributed by atoms with E-state index in [0.29, 0.717) is 61.8 Å². The van der Waals surface area contributed by atoms with Gasteiger partial charge in [0.25, 0.3) is 5.91 Å². The SMILES string of the molecule is CC1(C)C[C@@H]1C(=O)N1CC2(CN(C(=O)c3cnn(Cc4ccc(C(=O)O)cc4)c3)CC2COCc2cccc(-c3ccc(C(F)(F)F)cc3)n2)C1. The van der Waals surface area contributed by atoms with Gasteiger partial charge in [0.1, 0.15) is 0 Å². The molecule has 1 saturated carbocycles. The molecule has 3 fully saturated rings. The highest BCUT2D eigenvalue weighted by Gasteiger charge is 2.60. The monoisotopic (exact) mass is 701 g/mol. The predicted octanol–water partition coefficient (Wildman–Crippen LogP) is 5.87. The lowest BCUT2D eigenvalue weighted by Gasteiger charge is -2.51. The summed E-state index contributed by atoms with van der Waals surface area (Å²) in [5, 5.41) is 13.5. The van der Waals surface area contributed by atoms with Crippen LogP contribution in [-0.2, 0) is 28.9 Å². The summed E-state index contributed by atoms with van der Waals surface area (Å²) in [4.78, 5) is 46.5. The zero-order chi connectivity index (χ0) is 36.1. The fourth-order valence-corrected chi connectivity index (χ4v) is 7.29. The Morgan fingerprint density at radius 1 is 0.941 bits per heavy atom. The van der Waals surface area contributed by atoms with Gasteiger partial charge in [-0.2, -0.15) is 18.3 Å². The Bertz CT molecular complexity index is 1950. The number of halogens is 3. The van der Waals surface area contributed by atoms with Crippen LogP contribution in [0.3, 0.4) is 0 Å². The third-order valence-corrected chi connectivity index (χ3v) is 10.5. The van der Waals surface area contributed by atoms with E-state index in [-0.39, 0.29) is 46.7 Å². The highest BCUT2D eigenvalue weighted by molar-refractivity contribution is 5.94. The summed E-state index contributed by atoms with van der Waals surface area (Å²) in [5.41, 5.74) is 2.17. The van der Waals surface area contributed by atoms with Gasteiger partial charge in [0, 0.05) is 55.2 Å². The van der Waals surface area contributed by atoms with Crippen molar-refractivity contribution in [2.45, 2.75) is 39.6 Å². The molecule has 0 bridgehead atoms. The molecule has 10 nitrogen and oxygen atoms in total. The second-order valence-electron chi connectivity index (χ2n) is 14.7. The third kappa shape index (κ3) is 7.12. The fourth-order valence-electron chi connectivity index (χ4n) is 7.29. The lowest BCUT2D eigenvalue weighted by molar-refractivity contribution is -0.148. The van der Waals surface area contributed by atoms with Gasteiger partial charge in [-0.1, -0.05) is 44.2 Å². The summed E-state index contributed by atoms with van der Waals surface area (Å²) in [7, 11) is 0. The number of hydrogen-bond acceptors (Lipinski definition) is 6. The molecule has 1 unspecified atom stereocenters. The Balaban J connectivity index is 1.01. The first kappa shape index (κ1) is 34.4. The molecule has 2 amide bonds. The van der Waals surface area contributed by atoms with E-state index in [1.54, 1.807) is 41.2 Å². The van der Waals surface area contributed by atoms with E-state index in [9.17, 15) is 27.6 Å². The molecule has 1 N–H and O–H groups in total. The number of amides is 2. The van der Waals surface area contributed by atoms with E-state index in [1.807, 2.05) is 9.80 Å². The Kier molecular flexibility index (Phi) is 8.73. The molecule has 2 saturated heterocycles. The number of ether oxygens (including phenoxy) is 1. The van der Waals surface area contributed by atoms with Crippen molar-refractivity contribution in [2.75, 3.05) is 32.8 Å². The summed E-state index contributed by atoms with van der Waals surface area (Å²) >= 11 is 0. The molecule has 2 aliphatic heterocycles. The summed E-state index contributed by atoms with van der Waals surface area (Å²) in [6.07, 6.45) is -0.324. The van der Waals surface area contributed by atoms with Crippen molar-refractivity contribution in [3.63, 3.8) is 0 Å². The van der Waals surface area contributed by atoms with Crippen molar-refractivity contribution in [1.82, 2.24) is 24.6 Å². The summed E-state index contributed by atoms with van der Waals surface area (Å²) in [6.45, 7) is 7.08. The van der Waals surface area contributed by atoms with Crippen LogP contribution in [0.4, 0.5) is 13.2 Å². The summed E-state index contributed by atoms with van der Waals surface area (Å²) in [6, 6.07) is 16.7. The number of carboxylic acids is 1. The average Bonchev–Trinajstić information content (AvgIpc) is 3.37. The molecule has 2 atom stereocenters. The first-order chi connectivity index (χ1) is 24.2. The van der Waals surface area contributed by atoms with Crippen LogP contribution in [-0.4, -0.2) is 80.2 Å². The van der Waals surface area contributed by atoms with Gasteiger partial charge in [0.15, 0.2) is 0 Å². The normalized spacial score (nSPS) is 20.3. The average molecular weight is 702 g/mol. The van der Waals surface area contributed by atoms with Crippen LogP contribution < -0.4 is 0 Å². The topological polar surface area (TPSA) is 118 Å². The van der Waals surface area contributed by atoms with Gasteiger partial charge >= 0.3 is 12.1 Å². The molecule has 1 aliphatic carbocycles. The van der Waals surface area contributed by atoms with Gasteiger partial charge in [-0.15, -0.1) is 0 Å². The van der Waals surface area contributed by atoms with E-state index < -0.39 is 17.7 Å². The Hall–Kier alpha value is -5.04. The van der Waals surface area contributed by atoms with Crippen LogP contribution in [0.25, 0.3) is 11.3 Å². The van der Waals surface area contributed by atoms with Gasteiger partial charge in [-0.25, -0.2) is 4.79 Å². The zero-order valence-electron chi connectivity index (χ0n) is 28.3. The Morgan fingerprint density at radius 3 is 2.27 bits per heavy atom. The first-order valence-electron chi connectivity index (χ1n) is 16.8. The van der Waals surface area contributed by atoms with E-state index in [2.05, 4.69) is 23.9 Å². The molecular formula is C38H38F3N5O5. The van der Waals surface area contributed by atoms with E-state index in [1.165, 1.54) is 30.5 Å². The molecular weight excluding hydrogens is 663 g/mol. The van der Waals surface area contributed by atoms with Gasteiger partial charge in [0.05, 0.1) is 54.0 Å². The molecule has 2 aromatic heterocycles. The Labute approximate surface area is 292 Å². The van der Waals surface area contributed by atoms with E-state index >= 15 is 0 Å². The minimum atomic E-state index is -4.42. The number of pyridine rings is 1. The number of rotatable bonds is 10. The van der Waals surface area contributed by atoms with Crippen LogP contribution in [0.5, 0.6) is 0 Å². The van der Waals surface area contributed by atoms with Crippen LogP contribution in [0.15, 0.2) is 79.1 Å². The zero-order valence-corrected chi connectivity index (χ0v) is 28.3. The number of nitrogens with zero attached hydrogens (tertiary/aromatic N) is 5. The minimum Gasteiger partial charge on any atom is -0.478 e. The van der Waals surface area contributed by atoms with E-state index in [4.69, 9.17) is 9.84 Å². The van der Waals surface area contributed by atoms with Gasteiger partial charge in [-0.05, 0) is 53.8 Å². The van der Waals surface area contributed by atoms with Gasteiger partial charge in [-0.3, -0.25) is 19.3 Å². The number of carbonyl (C=O) groups excluding carboxylic acids is 2. The van der Waals surface area contributed by atoms with Crippen LogP contribution in [0.1, 0.15) is 57.8 Å². The largest absolute Gasteiger partial charge is 0.478 e. The van der Waals surface area contributed by atoms with Crippen LogP contribution in [0, 0.1) is 22.7 Å². The summed E-state index contributed by atoms with van der Waals surface area (Å²) in [5.74, 6) is -1.02. The highest BCUT2D eigenvalue weighted by atomic mass is 19.4. The smallest absolute Gasteiger partial charge is 0.416 e. The first-order valence-corrected chi connectivity index (χ1v) is 16.8. The number of hydrogen-bond donors (Lipinski definition) is 1. The number of alkyl halides is 3. The minimum absolute atomic E-state index is 0.0143. The number of aromatic carboxylic acids is 1. The highest BCUT2D eigenvalue weighted by Crippen LogP contribution is 2.54. The molecule has 7 rings (SSSR count). The lowest BCUT2D eigenvalue weighted by atomic mass is 9.71. The second-order valence-corrected chi connectivity index (χ2v) is 14.7. The van der Waals surface area contributed by atoms with Gasteiger partial charge < -0.3 is 19.6 Å². The van der Waals surface area contributed by atoms with Crippen molar-refractivity contribution >= 4 is 17.8 Å². The quantitative estimate of drug-likeness (QED) is 0.220. The molecule has 4 heterocycles. The van der Waals surface area contributed by atoms with Crippen molar-refractivity contribution in [3.8, 4) is 11.3 Å². The molecule has 13 heteroatoms. The molecule has 4 aromatic rings. The van der Waals surface area contributed by atoms with Gasteiger partial charge in [0.2, 0.25) is 5.91 Å². The standard InChI is InChI=1S/C38H38F3N5O5/c1-36(2)14-31(36)34(48)45-22-37(23-45)21-44(33(47)27-15-42-46(17-27)16-24-6-8-26(9-7-24)35(49)50)18-29(37)19-51-20-30-4-3-5-32(43-30)25-10-12-28(13-11-25)38(39,40)41/h3-13,15,17,29,31H,14,16,18-23H2,1-2H3,(H,49,50)/t29?,31-/m1/s1. The number of benzene rings is 2. The van der Waals surface area contributed by atoms with Crippen LogP contribution in [0.2, 0.25) is 0 Å².